The Bertz CT molecular complexity index is 1050. The van der Waals surface area contributed by atoms with Crippen LogP contribution < -0.4 is 0 Å². The van der Waals surface area contributed by atoms with E-state index < -0.39 is 23.3 Å². The van der Waals surface area contributed by atoms with Crippen molar-refractivity contribution in [2.45, 2.75) is 32.5 Å². The normalized spacial score (nSPS) is 11.7. The molecular weight excluding hydrogens is 361 g/mol. The van der Waals surface area contributed by atoms with Gasteiger partial charge in [0.2, 0.25) is 5.76 Å². The summed E-state index contributed by atoms with van der Waals surface area (Å²) >= 11 is 0. The second-order valence-electron chi connectivity index (χ2n) is 6.07. The lowest BCUT2D eigenvalue weighted by atomic mass is 10.0. The van der Waals surface area contributed by atoms with E-state index in [0.29, 0.717) is 29.8 Å². The Morgan fingerprint density at radius 1 is 1.30 bits per heavy atom. The Hall–Kier alpha value is -3.21. The molecule has 0 saturated carbocycles. The Balaban J connectivity index is 2.20. The molecule has 0 spiro atoms. The fourth-order valence-electron chi connectivity index (χ4n) is 3.17. The lowest BCUT2D eigenvalue weighted by Gasteiger charge is -2.12. The standard InChI is InChI=1S/C19H15F3N2O3/c1-2-3-12-8-14-15(6-4-11(9-23)17(14)19(20,21)22)24(12)10-13-5-7-16(27-13)18(25)26/h4-8H,2-3,10H2,1H3,(H,25,26). The van der Waals surface area contributed by atoms with Gasteiger partial charge < -0.3 is 14.1 Å². The average molecular weight is 376 g/mol. The highest BCUT2D eigenvalue weighted by atomic mass is 19.4. The number of rotatable bonds is 5. The van der Waals surface area contributed by atoms with Crippen molar-refractivity contribution < 1.29 is 27.5 Å². The maximum atomic E-state index is 13.6. The number of nitrogens with zero attached hydrogens (tertiary/aromatic N) is 2. The zero-order chi connectivity index (χ0) is 19.8. The summed E-state index contributed by atoms with van der Waals surface area (Å²) in [6.45, 7) is 2.00. The topological polar surface area (TPSA) is 79.2 Å². The van der Waals surface area contributed by atoms with E-state index in [4.69, 9.17) is 14.8 Å². The molecule has 0 aliphatic rings. The fourth-order valence-corrected chi connectivity index (χ4v) is 3.17. The van der Waals surface area contributed by atoms with Crippen LogP contribution in [0, 0.1) is 11.3 Å². The number of carboxylic acid groups (broad SMARTS) is 1. The van der Waals surface area contributed by atoms with Crippen LogP contribution in [0.15, 0.2) is 34.7 Å². The van der Waals surface area contributed by atoms with Gasteiger partial charge in [0.15, 0.2) is 0 Å². The summed E-state index contributed by atoms with van der Waals surface area (Å²) in [5.41, 5.74) is -0.412. The number of aromatic nitrogens is 1. The predicted octanol–water partition coefficient (Wildman–Crippen LogP) is 4.82. The highest BCUT2D eigenvalue weighted by Gasteiger charge is 2.36. The molecule has 8 heteroatoms. The fraction of sp³-hybridized carbons (Fsp3) is 0.263. The summed E-state index contributed by atoms with van der Waals surface area (Å²) in [6.07, 6.45) is -3.43. The quantitative estimate of drug-likeness (QED) is 0.692. The third-order valence-corrected chi connectivity index (χ3v) is 4.27. The number of aryl methyl sites for hydroxylation is 1. The van der Waals surface area contributed by atoms with E-state index in [-0.39, 0.29) is 17.7 Å². The second-order valence-corrected chi connectivity index (χ2v) is 6.07. The number of halogens is 3. The van der Waals surface area contributed by atoms with Crippen LogP contribution in [0.4, 0.5) is 13.2 Å². The van der Waals surface area contributed by atoms with Crippen molar-refractivity contribution in [1.29, 1.82) is 5.26 Å². The molecule has 1 N–H and O–H groups in total. The lowest BCUT2D eigenvalue weighted by molar-refractivity contribution is -0.136. The molecule has 27 heavy (non-hydrogen) atoms. The van der Waals surface area contributed by atoms with E-state index in [1.54, 1.807) is 10.6 Å². The largest absolute Gasteiger partial charge is 0.475 e. The summed E-state index contributed by atoms with van der Waals surface area (Å²) in [6, 6.07) is 8.47. The van der Waals surface area contributed by atoms with Crippen LogP contribution in [0.5, 0.6) is 0 Å². The van der Waals surface area contributed by atoms with Crippen LogP contribution in [-0.2, 0) is 19.1 Å². The van der Waals surface area contributed by atoms with Crippen molar-refractivity contribution in [2.24, 2.45) is 0 Å². The van der Waals surface area contributed by atoms with Crippen molar-refractivity contribution in [2.75, 3.05) is 0 Å². The molecule has 0 unspecified atom stereocenters. The first-order valence-electron chi connectivity index (χ1n) is 8.20. The van der Waals surface area contributed by atoms with Gasteiger partial charge in [-0.1, -0.05) is 13.3 Å². The van der Waals surface area contributed by atoms with Crippen LogP contribution in [0.3, 0.4) is 0 Å². The summed E-state index contributed by atoms with van der Waals surface area (Å²) < 4.78 is 47.6. The number of alkyl halides is 3. The van der Waals surface area contributed by atoms with Crippen molar-refractivity contribution in [3.63, 3.8) is 0 Å². The molecule has 2 aromatic heterocycles. The molecule has 0 aliphatic carbocycles. The molecule has 0 atom stereocenters. The number of fused-ring (bicyclic) bond motifs is 1. The predicted molar refractivity (Wildman–Crippen MR) is 90.4 cm³/mol. The Morgan fingerprint density at radius 3 is 2.59 bits per heavy atom. The summed E-state index contributed by atoms with van der Waals surface area (Å²) in [4.78, 5) is 11.0. The van der Waals surface area contributed by atoms with Crippen molar-refractivity contribution in [3.05, 3.63) is 58.7 Å². The van der Waals surface area contributed by atoms with Gasteiger partial charge in [-0.05, 0) is 36.8 Å². The first-order chi connectivity index (χ1) is 12.8. The van der Waals surface area contributed by atoms with Crippen LogP contribution in [0.2, 0.25) is 0 Å². The molecule has 5 nitrogen and oxygen atoms in total. The molecule has 3 rings (SSSR count). The maximum Gasteiger partial charge on any atom is 0.418 e. The van der Waals surface area contributed by atoms with E-state index >= 15 is 0 Å². The van der Waals surface area contributed by atoms with E-state index in [2.05, 4.69) is 0 Å². The van der Waals surface area contributed by atoms with Gasteiger partial charge in [0.1, 0.15) is 5.76 Å². The number of benzene rings is 1. The molecule has 3 aromatic rings. The molecule has 0 bridgehead atoms. The van der Waals surface area contributed by atoms with Crippen LogP contribution in [0.25, 0.3) is 10.9 Å². The zero-order valence-corrected chi connectivity index (χ0v) is 14.3. The van der Waals surface area contributed by atoms with Crippen molar-refractivity contribution in [1.82, 2.24) is 4.57 Å². The first-order valence-corrected chi connectivity index (χ1v) is 8.20. The van der Waals surface area contributed by atoms with Crippen LogP contribution in [-0.4, -0.2) is 15.6 Å². The smallest absolute Gasteiger partial charge is 0.418 e. The maximum absolute atomic E-state index is 13.6. The molecule has 0 radical (unpaired) electrons. The van der Waals surface area contributed by atoms with Gasteiger partial charge in [-0.15, -0.1) is 0 Å². The zero-order valence-electron chi connectivity index (χ0n) is 14.3. The molecule has 0 aliphatic heterocycles. The van der Waals surface area contributed by atoms with Crippen LogP contribution in [0.1, 0.15) is 46.5 Å². The summed E-state index contributed by atoms with van der Waals surface area (Å²) in [5.74, 6) is -1.13. The molecule has 2 heterocycles. The first kappa shape index (κ1) is 18.6. The summed E-state index contributed by atoms with van der Waals surface area (Å²) in [7, 11) is 0. The lowest BCUT2D eigenvalue weighted by Crippen LogP contribution is -2.09. The Morgan fingerprint density at radius 2 is 2.04 bits per heavy atom. The minimum Gasteiger partial charge on any atom is -0.475 e. The van der Waals surface area contributed by atoms with E-state index in [1.165, 1.54) is 24.3 Å². The van der Waals surface area contributed by atoms with E-state index in [1.807, 2.05) is 6.92 Å². The minimum absolute atomic E-state index is 0.0463. The third kappa shape index (κ3) is 3.40. The molecule has 0 amide bonds. The molecule has 1 aromatic carbocycles. The van der Waals surface area contributed by atoms with Crippen molar-refractivity contribution >= 4 is 16.9 Å². The number of hydrogen-bond donors (Lipinski definition) is 1. The van der Waals surface area contributed by atoms with Gasteiger partial charge in [-0.2, -0.15) is 18.4 Å². The van der Waals surface area contributed by atoms with Gasteiger partial charge in [0.25, 0.3) is 0 Å². The van der Waals surface area contributed by atoms with Crippen molar-refractivity contribution in [3.8, 4) is 6.07 Å². The Labute approximate surface area is 152 Å². The van der Waals surface area contributed by atoms with Gasteiger partial charge in [-0.25, -0.2) is 4.79 Å². The molecular formula is C19H15F3N2O3. The van der Waals surface area contributed by atoms with E-state index in [0.717, 1.165) is 6.07 Å². The second kappa shape index (κ2) is 6.83. The van der Waals surface area contributed by atoms with Gasteiger partial charge in [0, 0.05) is 16.6 Å². The number of aromatic carboxylic acids is 1. The number of carboxylic acids is 1. The van der Waals surface area contributed by atoms with Gasteiger partial charge >= 0.3 is 12.1 Å². The number of nitriles is 1. The molecule has 0 saturated heterocycles. The highest BCUT2D eigenvalue weighted by Crippen LogP contribution is 2.39. The molecule has 140 valence electrons. The molecule has 0 fully saturated rings. The highest BCUT2D eigenvalue weighted by molar-refractivity contribution is 5.87. The SMILES string of the molecule is CCCc1cc2c(C(F)(F)F)c(C#N)ccc2n1Cc1ccc(C(=O)O)o1. The van der Waals surface area contributed by atoms with Crippen LogP contribution >= 0.6 is 0 Å². The Kier molecular flexibility index (Phi) is 4.70. The summed E-state index contributed by atoms with van der Waals surface area (Å²) in [5, 5.41) is 18.0. The third-order valence-electron chi connectivity index (χ3n) is 4.27. The monoisotopic (exact) mass is 376 g/mol. The number of carbonyl (C=O) groups is 1. The van der Waals surface area contributed by atoms with Gasteiger partial charge in [-0.3, -0.25) is 0 Å². The number of furan rings is 1. The average Bonchev–Trinajstić information content (AvgIpc) is 3.19. The van der Waals surface area contributed by atoms with Gasteiger partial charge in [0.05, 0.1) is 23.7 Å². The number of hydrogen-bond acceptors (Lipinski definition) is 3. The van der Waals surface area contributed by atoms with E-state index in [9.17, 15) is 18.0 Å². The minimum atomic E-state index is -4.67.